The Morgan fingerprint density at radius 3 is 2.55 bits per heavy atom. The molecule has 5 nitrogen and oxygen atoms in total. The summed E-state index contributed by atoms with van der Waals surface area (Å²) in [4.78, 5) is 15.9. The van der Waals surface area contributed by atoms with Gasteiger partial charge in [0.2, 0.25) is 0 Å². The van der Waals surface area contributed by atoms with Crippen molar-refractivity contribution >= 4 is 17.3 Å². The maximum absolute atomic E-state index is 11.3. The van der Waals surface area contributed by atoms with Crippen molar-refractivity contribution in [1.29, 1.82) is 0 Å². The molecule has 110 valence electrons. The molecule has 0 radical (unpaired) electrons. The van der Waals surface area contributed by atoms with Gasteiger partial charge in [0.05, 0.1) is 5.56 Å². The molecule has 1 amide bonds. The molecule has 0 bridgehead atoms. The van der Waals surface area contributed by atoms with Crippen LogP contribution in [-0.4, -0.2) is 44.5 Å². The van der Waals surface area contributed by atoms with Crippen molar-refractivity contribution in [2.45, 2.75) is 12.8 Å². The van der Waals surface area contributed by atoms with Crippen LogP contribution >= 0.6 is 0 Å². The van der Waals surface area contributed by atoms with Crippen molar-refractivity contribution < 1.29 is 4.79 Å². The Morgan fingerprint density at radius 2 is 2.00 bits per heavy atom. The van der Waals surface area contributed by atoms with Crippen molar-refractivity contribution in [3.05, 3.63) is 23.8 Å². The van der Waals surface area contributed by atoms with Gasteiger partial charge in [-0.2, -0.15) is 0 Å². The van der Waals surface area contributed by atoms with Crippen molar-refractivity contribution in [3.63, 3.8) is 0 Å². The van der Waals surface area contributed by atoms with E-state index in [1.54, 1.807) is 6.07 Å². The summed E-state index contributed by atoms with van der Waals surface area (Å²) in [6, 6.07) is 5.54. The van der Waals surface area contributed by atoms with E-state index in [4.69, 9.17) is 11.5 Å². The third kappa shape index (κ3) is 3.42. The average Bonchev–Trinajstić information content (AvgIpc) is 2.39. The number of benzene rings is 1. The number of nitrogen functional groups attached to an aromatic ring is 1. The van der Waals surface area contributed by atoms with Crippen molar-refractivity contribution in [2.75, 3.05) is 44.4 Å². The number of piperidine rings is 1. The zero-order valence-electron chi connectivity index (χ0n) is 12.3. The fourth-order valence-electron chi connectivity index (χ4n) is 2.84. The lowest BCUT2D eigenvalue weighted by Gasteiger charge is -2.35. The highest BCUT2D eigenvalue weighted by Crippen LogP contribution is 2.26. The van der Waals surface area contributed by atoms with Gasteiger partial charge in [-0.1, -0.05) is 0 Å². The number of carbonyl (C=O) groups is 1. The van der Waals surface area contributed by atoms with Gasteiger partial charge in [-0.3, -0.25) is 4.79 Å². The minimum Gasteiger partial charge on any atom is -0.398 e. The second-order valence-corrected chi connectivity index (χ2v) is 5.83. The van der Waals surface area contributed by atoms with Crippen LogP contribution in [0.15, 0.2) is 18.2 Å². The van der Waals surface area contributed by atoms with Crippen LogP contribution in [-0.2, 0) is 0 Å². The SMILES string of the molecule is CN(C)CC1CCN(c2ccc(N)c(C(N)=O)c2)CC1. The fraction of sp³-hybridized carbons (Fsp3) is 0.533. The molecule has 0 saturated carbocycles. The van der Waals surface area contributed by atoms with Gasteiger partial charge in [0.15, 0.2) is 0 Å². The molecule has 1 heterocycles. The van der Waals surface area contributed by atoms with Crippen LogP contribution in [0.2, 0.25) is 0 Å². The summed E-state index contributed by atoms with van der Waals surface area (Å²) in [5.41, 5.74) is 13.0. The largest absolute Gasteiger partial charge is 0.398 e. The van der Waals surface area contributed by atoms with E-state index in [9.17, 15) is 4.79 Å². The van der Waals surface area contributed by atoms with Crippen LogP contribution in [0.3, 0.4) is 0 Å². The fourth-order valence-corrected chi connectivity index (χ4v) is 2.84. The Balaban J connectivity index is 2.03. The summed E-state index contributed by atoms with van der Waals surface area (Å²) in [6.45, 7) is 3.17. The third-order valence-electron chi connectivity index (χ3n) is 3.91. The van der Waals surface area contributed by atoms with Gasteiger partial charge in [-0.25, -0.2) is 0 Å². The van der Waals surface area contributed by atoms with Crippen molar-refractivity contribution in [3.8, 4) is 0 Å². The second kappa shape index (κ2) is 6.13. The zero-order valence-corrected chi connectivity index (χ0v) is 12.3. The van der Waals surface area contributed by atoms with E-state index in [0.29, 0.717) is 11.3 Å². The van der Waals surface area contributed by atoms with Crippen molar-refractivity contribution in [1.82, 2.24) is 4.90 Å². The van der Waals surface area contributed by atoms with E-state index in [-0.39, 0.29) is 0 Å². The lowest BCUT2D eigenvalue weighted by molar-refractivity contribution is 0.100. The molecule has 1 saturated heterocycles. The molecule has 0 aliphatic carbocycles. The molecule has 0 atom stereocenters. The predicted octanol–water partition coefficient (Wildman–Crippen LogP) is 1.15. The van der Waals surface area contributed by atoms with Crippen LogP contribution in [0.25, 0.3) is 0 Å². The van der Waals surface area contributed by atoms with E-state index in [1.807, 2.05) is 12.1 Å². The van der Waals surface area contributed by atoms with Gasteiger partial charge in [0.1, 0.15) is 0 Å². The number of rotatable bonds is 4. The smallest absolute Gasteiger partial charge is 0.250 e. The molecule has 5 heteroatoms. The van der Waals surface area contributed by atoms with E-state index in [1.165, 1.54) is 12.8 Å². The molecule has 1 aliphatic heterocycles. The summed E-state index contributed by atoms with van der Waals surface area (Å²) in [7, 11) is 4.23. The number of primary amides is 1. The molecule has 20 heavy (non-hydrogen) atoms. The normalized spacial score (nSPS) is 16.6. The summed E-state index contributed by atoms with van der Waals surface area (Å²) in [5.74, 6) is 0.289. The first-order valence-electron chi connectivity index (χ1n) is 7.06. The Hall–Kier alpha value is -1.75. The van der Waals surface area contributed by atoms with E-state index in [2.05, 4.69) is 23.9 Å². The Labute approximate surface area is 120 Å². The topological polar surface area (TPSA) is 75.6 Å². The molecule has 1 fully saturated rings. The first-order chi connectivity index (χ1) is 9.47. The number of carbonyl (C=O) groups excluding carboxylic acids is 1. The van der Waals surface area contributed by atoms with Crippen LogP contribution in [0.5, 0.6) is 0 Å². The Kier molecular flexibility index (Phi) is 4.49. The predicted molar refractivity (Wildman–Crippen MR) is 82.9 cm³/mol. The molecular weight excluding hydrogens is 252 g/mol. The molecular formula is C15H24N4O. The monoisotopic (exact) mass is 276 g/mol. The lowest BCUT2D eigenvalue weighted by Crippen LogP contribution is -2.37. The molecule has 0 unspecified atom stereocenters. The molecule has 1 aliphatic rings. The molecule has 2 rings (SSSR count). The van der Waals surface area contributed by atoms with Gasteiger partial charge in [-0.05, 0) is 51.1 Å². The zero-order chi connectivity index (χ0) is 14.7. The molecule has 4 N–H and O–H groups in total. The highest BCUT2D eigenvalue weighted by Gasteiger charge is 2.20. The standard InChI is InChI=1S/C15H24N4O/c1-18(2)10-11-5-7-19(8-6-11)12-3-4-14(16)13(9-12)15(17)20/h3-4,9,11H,5-8,10,16H2,1-2H3,(H2,17,20). The summed E-state index contributed by atoms with van der Waals surface area (Å²) >= 11 is 0. The quantitative estimate of drug-likeness (QED) is 0.809. The first-order valence-corrected chi connectivity index (χ1v) is 7.06. The highest BCUT2D eigenvalue weighted by atomic mass is 16.1. The maximum atomic E-state index is 11.3. The Bertz CT molecular complexity index is 479. The molecule has 0 spiro atoms. The number of hydrogen-bond donors (Lipinski definition) is 2. The second-order valence-electron chi connectivity index (χ2n) is 5.83. The molecule has 1 aromatic carbocycles. The molecule has 1 aromatic rings. The number of anilines is 2. The van der Waals surface area contributed by atoms with Crippen molar-refractivity contribution in [2.24, 2.45) is 11.7 Å². The average molecular weight is 276 g/mol. The van der Waals surface area contributed by atoms with Gasteiger partial charge in [0.25, 0.3) is 5.91 Å². The lowest BCUT2D eigenvalue weighted by atomic mass is 9.96. The number of nitrogens with two attached hydrogens (primary N) is 2. The first kappa shape index (κ1) is 14.7. The Morgan fingerprint density at radius 1 is 1.35 bits per heavy atom. The summed E-state index contributed by atoms with van der Waals surface area (Å²) in [6.07, 6.45) is 2.35. The number of amides is 1. The van der Waals surface area contributed by atoms with Crippen LogP contribution in [0.1, 0.15) is 23.2 Å². The van der Waals surface area contributed by atoms with E-state index >= 15 is 0 Å². The van der Waals surface area contributed by atoms with E-state index < -0.39 is 5.91 Å². The number of hydrogen-bond acceptors (Lipinski definition) is 4. The maximum Gasteiger partial charge on any atom is 0.250 e. The van der Waals surface area contributed by atoms with Crippen LogP contribution < -0.4 is 16.4 Å². The summed E-state index contributed by atoms with van der Waals surface area (Å²) < 4.78 is 0. The van der Waals surface area contributed by atoms with Crippen LogP contribution in [0, 0.1) is 5.92 Å². The minimum atomic E-state index is -0.466. The van der Waals surface area contributed by atoms with Gasteiger partial charge in [-0.15, -0.1) is 0 Å². The van der Waals surface area contributed by atoms with E-state index in [0.717, 1.165) is 31.2 Å². The van der Waals surface area contributed by atoms with Crippen LogP contribution in [0.4, 0.5) is 11.4 Å². The van der Waals surface area contributed by atoms with Gasteiger partial charge in [0, 0.05) is 31.0 Å². The summed E-state index contributed by atoms with van der Waals surface area (Å²) in [5, 5.41) is 0. The minimum absolute atomic E-state index is 0.415. The number of nitrogens with zero attached hydrogens (tertiary/aromatic N) is 2. The molecule has 0 aromatic heterocycles. The van der Waals surface area contributed by atoms with Gasteiger partial charge >= 0.3 is 0 Å². The van der Waals surface area contributed by atoms with Gasteiger partial charge < -0.3 is 21.3 Å². The third-order valence-corrected chi connectivity index (χ3v) is 3.91. The highest BCUT2D eigenvalue weighted by molar-refractivity contribution is 5.99.